The zero-order chi connectivity index (χ0) is 6.27. The molecule has 0 aliphatic carbocycles. The Kier molecular flexibility index (Phi) is 2.12. The van der Waals surface area contributed by atoms with Gasteiger partial charge in [0.15, 0.2) is 0 Å². The van der Waals surface area contributed by atoms with Crippen LogP contribution in [-0.4, -0.2) is 10.9 Å². The van der Waals surface area contributed by atoms with Crippen molar-refractivity contribution in [1.82, 2.24) is 4.98 Å². The van der Waals surface area contributed by atoms with Gasteiger partial charge in [0, 0.05) is 39.2 Å². The van der Waals surface area contributed by atoms with Crippen molar-refractivity contribution in [3.63, 3.8) is 0 Å². The first-order valence-electron chi connectivity index (χ1n) is 2.82. The van der Waals surface area contributed by atoms with E-state index in [4.69, 9.17) is 0 Å². The first-order valence-corrected chi connectivity index (χ1v) is 2.82. The average molecular weight is 235 g/mol. The summed E-state index contributed by atoms with van der Waals surface area (Å²) in [6.45, 7) is 0. The van der Waals surface area contributed by atoms with Gasteiger partial charge in [-0.2, -0.15) is 0 Å². The van der Waals surface area contributed by atoms with E-state index in [0.29, 0.717) is 6.42 Å². The fraction of sp³-hybridized carbons (Fsp3) is 0.167. The summed E-state index contributed by atoms with van der Waals surface area (Å²) in [5, 5.41) is 2.71. The smallest absolute Gasteiger partial charge is 0.230 e. The van der Waals surface area contributed by atoms with Gasteiger partial charge in [0.2, 0.25) is 5.91 Å². The van der Waals surface area contributed by atoms with Crippen molar-refractivity contribution in [2.45, 2.75) is 6.42 Å². The van der Waals surface area contributed by atoms with Crippen LogP contribution in [0.2, 0.25) is 0 Å². The summed E-state index contributed by atoms with van der Waals surface area (Å²) in [4.78, 5) is 13.6. The van der Waals surface area contributed by atoms with Crippen LogP contribution in [0.1, 0.15) is 5.69 Å². The number of hydrogen-bond donors (Lipinski definition) is 2. The molecular formula is C6H6CdN2O. The van der Waals surface area contributed by atoms with Gasteiger partial charge in [-0.3, -0.25) is 4.79 Å². The van der Waals surface area contributed by atoms with Crippen LogP contribution in [-0.2, 0) is 38.5 Å². The molecule has 48 valence electrons. The number of aromatic amines is 1. The third kappa shape index (κ3) is 1.09. The summed E-state index contributed by atoms with van der Waals surface area (Å²) in [6.07, 6.45) is 2.33. The van der Waals surface area contributed by atoms with E-state index in [1.165, 1.54) is 0 Å². The Balaban J connectivity index is 0.000000500. The molecule has 1 aromatic rings. The summed E-state index contributed by atoms with van der Waals surface area (Å²) >= 11 is 0. The van der Waals surface area contributed by atoms with E-state index in [2.05, 4.69) is 10.3 Å². The van der Waals surface area contributed by atoms with Gasteiger partial charge in [-0.25, -0.2) is 0 Å². The van der Waals surface area contributed by atoms with Crippen LogP contribution < -0.4 is 5.32 Å². The zero-order valence-corrected chi connectivity index (χ0v) is 9.51. The van der Waals surface area contributed by atoms with E-state index < -0.39 is 0 Å². The average Bonchev–Trinajstić information content (AvgIpc) is 2.22. The summed E-state index contributed by atoms with van der Waals surface area (Å²) in [6, 6.07) is 1.86. The van der Waals surface area contributed by atoms with Crippen LogP contribution in [0.15, 0.2) is 12.3 Å². The van der Waals surface area contributed by atoms with Gasteiger partial charge in [-0.05, 0) is 6.07 Å². The van der Waals surface area contributed by atoms with Crippen molar-refractivity contribution in [3.05, 3.63) is 18.0 Å². The minimum absolute atomic E-state index is 0. The van der Waals surface area contributed by atoms with Crippen molar-refractivity contribution in [3.8, 4) is 0 Å². The van der Waals surface area contributed by atoms with Crippen LogP contribution in [0.5, 0.6) is 0 Å². The Morgan fingerprint density at radius 1 is 1.50 bits per heavy atom. The van der Waals surface area contributed by atoms with Crippen molar-refractivity contribution in [2.24, 2.45) is 0 Å². The number of amides is 1. The molecule has 1 aromatic heterocycles. The molecule has 1 aliphatic rings. The van der Waals surface area contributed by atoms with Crippen molar-refractivity contribution in [1.29, 1.82) is 0 Å². The third-order valence-corrected chi connectivity index (χ3v) is 1.44. The van der Waals surface area contributed by atoms with Gasteiger partial charge >= 0.3 is 0 Å². The molecule has 0 aromatic carbocycles. The zero-order valence-electron chi connectivity index (χ0n) is 5.48. The monoisotopic (exact) mass is 236 g/mol. The van der Waals surface area contributed by atoms with Crippen LogP contribution >= 0.6 is 0 Å². The molecule has 0 saturated carbocycles. The number of rotatable bonds is 0. The molecule has 0 spiro atoms. The van der Waals surface area contributed by atoms with Crippen molar-refractivity contribution in [2.75, 3.05) is 5.32 Å². The number of aromatic nitrogens is 1. The van der Waals surface area contributed by atoms with E-state index in [-0.39, 0.29) is 33.2 Å². The predicted octanol–water partition coefficient (Wildman–Crippen LogP) is 0.507. The Labute approximate surface area is 78.4 Å². The normalized spacial score (nSPS) is 13.8. The topological polar surface area (TPSA) is 44.9 Å². The first-order chi connectivity index (χ1) is 4.36. The van der Waals surface area contributed by atoms with Gasteiger partial charge in [-0.1, -0.05) is 0 Å². The van der Waals surface area contributed by atoms with E-state index in [1.54, 1.807) is 0 Å². The predicted molar refractivity (Wildman–Crippen MR) is 33.1 cm³/mol. The van der Waals surface area contributed by atoms with E-state index in [9.17, 15) is 4.79 Å². The summed E-state index contributed by atoms with van der Waals surface area (Å²) in [7, 11) is 0. The molecule has 0 saturated heterocycles. The summed E-state index contributed by atoms with van der Waals surface area (Å²) in [5.74, 6) is 0.0804. The maximum atomic E-state index is 10.6. The molecule has 0 atom stereocenters. The van der Waals surface area contributed by atoms with Gasteiger partial charge in [-0.15, -0.1) is 0 Å². The minimum Gasteiger partial charge on any atom is -0.363 e. The van der Waals surface area contributed by atoms with Crippen LogP contribution in [0.25, 0.3) is 0 Å². The third-order valence-electron chi connectivity index (χ3n) is 1.44. The largest absolute Gasteiger partial charge is 0.363 e. The number of fused-ring (bicyclic) bond motifs is 1. The van der Waals surface area contributed by atoms with Gasteiger partial charge in [0.05, 0.1) is 12.1 Å². The number of nitrogens with one attached hydrogen (secondary N) is 2. The first kappa shape index (κ1) is 7.78. The number of carbonyl (C=O) groups is 1. The summed E-state index contributed by atoms with van der Waals surface area (Å²) in [5.41, 5.74) is 1.93. The fourth-order valence-corrected chi connectivity index (χ4v) is 1.02. The molecule has 1 aliphatic heterocycles. The minimum atomic E-state index is 0. The molecule has 3 nitrogen and oxygen atoms in total. The molecule has 10 heavy (non-hydrogen) atoms. The SMILES string of the molecule is O=C1Cc2[nH]ccc2N1.[Cd]. The fourth-order valence-electron chi connectivity index (χ4n) is 1.02. The molecule has 0 radical (unpaired) electrons. The number of carbonyl (C=O) groups excluding carboxylic acids is 1. The molecular weight excluding hydrogens is 228 g/mol. The van der Waals surface area contributed by atoms with Gasteiger partial charge < -0.3 is 10.3 Å². The van der Waals surface area contributed by atoms with Crippen molar-refractivity contribution >= 4 is 11.6 Å². The molecule has 4 heteroatoms. The van der Waals surface area contributed by atoms with Crippen LogP contribution in [0.4, 0.5) is 5.69 Å². The Bertz CT molecular complexity index is 234. The van der Waals surface area contributed by atoms with E-state index in [1.807, 2.05) is 12.3 Å². The standard InChI is InChI=1S/C6H6N2O.Cd/c9-6-3-5-4(8-6)1-2-7-5;/h1-2,7H,3H2,(H,8,9);. The maximum absolute atomic E-state index is 10.6. The number of H-pyrrole nitrogens is 1. The molecule has 2 heterocycles. The Hall–Kier alpha value is -0.328. The molecule has 1 amide bonds. The van der Waals surface area contributed by atoms with Gasteiger partial charge in [0.1, 0.15) is 0 Å². The molecule has 2 N–H and O–H groups in total. The van der Waals surface area contributed by atoms with E-state index in [0.717, 1.165) is 11.4 Å². The quantitative estimate of drug-likeness (QED) is 0.631. The van der Waals surface area contributed by atoms with E-state index >= 15 is 0 Å². The molecule has 0 bridgehead atoms. The summed E-state index contributed by atoms with van der Waals surface area (Å²) < 4.78 is 0. The molecule has 0 unspecified atom stereocenters. The molecule has 2 rings (SSSR count). The second kappa shape index (κ2) is 2.73. The van der Waals surface area contributed by atoms with Crippen LogP contribution in [0, 0.1) is 0 Å². The molecule has 0 fully saturated rings. The van der Waals surface area contributed by atoms with Crippen molar-refractivity contribution < 1.29 is 32.1 Å². The maximum Gasteiger partial charge on any atom is 0.230 e. The second-order valence-corrected chi connectivity index (χ2v) is 2.09. The number of hydrogen-bond acceptors (Lipinski definition) is 1. The Morgan fingerprint density at radius 2 is 2.30 bits per heavy atom. The second-order valence-electron chi connectivity index (χ2n) is 2.09. The Morgan fingerprint density at radius 3 is 3.00 bits per heavy atom. The van der Waals surface area contributed by atoms with Gasteiger partial charge in [0.25, 0.3) is 0 Å². The van der Waals surface area contributed by atoms with Crippen LogP contribution in [0.3, 0.4) is 0 Å². The number of anilines is 1.